The van der Waals surface area contributed by atoms with Gasteiger partial charge in [-0.25, -0.2) is 24.3 Å². The minimum atomic E-state index is -1.17. The molecule has 36 heavy (non-hydrogen) atoms. The van der Waals surface area contributed by atoms with Gasteiger partial charge in [-0.05, 0) is 42.3 Å². The zero-order chi connectivity index (χ0) is 25.0. The van der Waals surface area contributed by atoms with Crippen LogP contribution in [0.2, 0.25) is 0 Å². The number of aromatic hydroxyl groups is 1. The summed E-state index contributed by atoms with van der Waals surface area (Å²) >= 11 is 0. The van der Waals surface area contributed by atoms with E-state index < -0.39 is 5.41 Å². The van der Waals surface area contributed by atoms with E-state index in [9.17, 15) is 14.3 Å². The smallest absolute Gasteiger partial charge is 0.240 e. The third-order valence-corrected chi connectivity index (χ3v) is 6.50. The van der Waals surface area contributed by atoms with Crippen molar-refractivity contribution in [3.8, 4) is 17.3 Å². The Labute approximate surface area is 204 Å². The first-order valence-electron chi connectivity index (χ1n) is 11.2. The Balaban J connectivity index is 1.46. The maximum Gasteiger partial charge on any atom is 0.240 e. The number of phenols is 1. The zero-order valence-electron chi connectivity index (χ0n) is 19.1. The Kier molecular flexibility index (Phi) is 4.72. The molecule has 0 fully saturated rings. The molecule has 4 heterocycles. The fraction of sp³-hybridized carbons (Fsp3) is 0.115. The molecule has 0 bridgehead atoms. The molecule has 2 aromatic carbocycles. The zero-order valence-corrected chi connectivity index (χ0v) is 19.1. The lowest BCUT2D eigenvalue weighted by Crippen LogP contribution is -2.32. The number of anilines is 2. The number of amides is 1. The maximum absolute atomic E-state index is 13.4. The number of nitrogens with one attached hydrogen (secondary N) is 1. The van der Waals surface area contributed by atoms with Gasteiger partial charge in [0, 0.05) is 25.0 Å². The number of nitrogen functional groups attached to an aromatic ring is 1. The summed E-state index contributed by atoms with van der Waals surface area (Å²) in [7, 11) is 0. The molecule has 5 aromatic rings. The number of nitrogens with zero attached hydrogens (tertiary/aromatic N) is 5. The number of nitrogens with two attached hydrogens (primary N) is 1. The van der Waals surface area contributed by atoms with E-state index in [1.165, 1.54) is 24.3 Å². The number of halogens is 1. The fourth-order valence-electron chi connectivity index (χ4n) is 4.63. The highest BCUT2D eigenvalue weighted by molar-refractivity contribution is 6.09. The summed E-state index contributed by atoms with van der Waals surface area (Å²) < 4.78 is 15.2. The van der Waals surface area contributed by atoms with Crippen LogP contribution in [0.5, 0.6) is 5.75 Å². The molecule has 1 atom stereocenters. The molecule has 10 heteroatoms. The lowest BCUT2D eigenvalue weighted by molar-refractivity contribution is -0.119. The summed E-state index contributed by atoms with van der Waals surface area (Å²) in [4.78, 5) is 31.4. The number of aromatic nitrogens is 5. The van der Waals surface area contributed by atoms with Crippen LogP contribution in [-0.4, -0.2) is 35.4 Å². The molecule has 178 valence electrons. The number of phenolic OH excluding ortho intramolecular Hbond substituents is 1. The van der Waals surface area contributed by atoms with Gasteiger partial charge in [-0.2, -0.15) is 0 Å². The highest BCUT2D eigenvalue weighted by Gasteiger charge is 2.47. The SMILES string of the molecule is CC1(c2cccc(O)c2)C(=O)Nc2nc(-c3cn4ccnc4c(Cc4ccc(F)cc4)n3)nc(N)c21. The number of imidazole rings is 1. The maximum atomic E-state index is 13.4. The normalized spacial score (nSPS) is 16.8. The first kappa shape index (κ1) is 21.7. The fourth-order valence-corrected chi connectivity index (χ4v) is 4.63. The van der Waals surface area contributed by atoms with Gasteiger partial charge in [0.1, 0.15) is 34.3 Å². The molecule has 4 N–H and O–H groups in total. The van der Waals surface area contributed by atoms with Crippen LogP contribution in [0.15, 0.2) is 67.1 Å². The molecule has 0 aliphatic carbocycles. The van der Waals surface area contributed by atoms with Gasteiger partial charge < -0.3 is 20.6 Å². The first-order valence-corrected chi connectivity index (χ1v) is 11.2. The van der Waals surface area contributed by atoms with Crippen molar-refractivity contribution in [2.45, 2.75) is 18.8 Å². The van der Waals surface area contributed by atoms with Crippen LogP contribution in [0.4, 0.5) is 16.0 Å². The second kappa shape index (κ2) is 7.84. The molecule has 6 rings (SSSR count). The molecule has 9 nitrogen and oxygen atoms in total. The number of rotatable bonds is 4. The highest BCUT2D eigenvalue weighted by atomic mass is 19.1. The standard InChI is InChI=1S/C26H20FN7O2/c1-26(15-3-2-4-17(35)12-15)20-21(28)31-22(32-23(20)33-25(26)36)19-13-34-10-9-29-24(34)18(30-19)11-14-5-7-16(27)8-6-14/h2-10,12-13,35H,11H2,1H3,(H3,28,31,32,33,36). The summed E-state index contributed by atoms with van der Waals surface area (Å²) in [5, 5.41) is 12.8. The largest absolute Gasteiger partial charge is 0.508 e. The van der Waals surface area contributed by atoms with Gasteiger partial charge in [-0.3, -0.25) is 4.79 Å². The van der Waals surface area contributed by atoms with Crippen LogP contribution >= 0.6 is 0 Å². The van der Waals surface area contributed by atoms with Crippen LogP contribution in [0.3, 0.4) is 0 Å². The predicted octanol–water partition coefficient (Wildman–Crippen LogP) is 3.46. The van der Waals surface area contributed by atoms with Gasteiger partial charge in [0.15, 0.2) is 11.5 Å². The second-order valence-corrected chi connectivity index (χ2v) is 8.82. The van der Waals surface area contributed by atoms with Crippen molar-refractivity contribution in [3.63, 3.8) is 0 Å². The molecule has 1 unspecified atom stereocenters. The predicted molar refractivity (Wildman–Crippen MR) is 131 cm³/mol. The number of hydrogen-bond donors (Lipinski definition) is 3. The summed E-state index contributed by atoms with van der Waals surface area (Å²) in [6.07, 6.45) is 5.60. The van der Waals surface area contributed by atoms with E-state index in [4.69, 9.17) is 10.7 Å². The Morgan fingerprint density at radius 3 is 2.72 bits per heavy atom. The summed E-state index contributed by atoms with van der Waals surface area (Å²) in [6.45, 7) is 1.72. The molecule has 0 radical (unpaired) electrons. The lowest BCUT2D eigenvalue weighted by Gasteiger charge is -2.23. The second-order valence-electron chi connectivity index (χ2n) is 8.82. The number of fused-ring (bicyclic) bond motifs is 2. The molecule has 0 saturated carbocycles. The van der Waals surface area contributed by atoms with E-state index in [2.05, 4.69) is 20.3 Å². The van der Waals surface area contributed by atoms with Gasteiger partial charge in [0.2, 0.25) is 5.91 Å². The van der Waals surface area contributed by atoms with Crippen molar-refractivity contribution in [1.29, 1.82) is 0 Å². The van der Waals surface area contributed by atoms with Gasteiger partial charge in [0.05, 0.1) is 11.3 Å². The molecule has 0 spiro atoms. The molecule has 1 aliphatic rings. The van der Waals surface area contributed by atoms with Gasteiger partial charge in [0.25, 0.3) is 0 Å². The van der Waals surface area contributed by atoms with Crippen molar-refractivity contribution in [3.05, 3.63) is 95.3 Å². The van der Waals surface area contributed by atoms with Crippen LogP contribution in [0, 0.1) is 5.82 Å². The van der Waals surface area contributed by atoms with Crippen LogP contribution in [0.25, 0.3) is 17.2 Å². The molecular formula is C26H20FN7O2. The van der Waals surface area contributed by atoms with E-state index >= 15 is 0 Å². The number of benzene rings is 2. The van der Waals surface area contributed by atoms with Gasteiger partial charge in [-0.1, -0.05) is 24.3 Å². The number of hydrogen-bond acceptors (Lipinski definition) is 7. The van der Waals surface area contributed by atoms with Crippen LogP contribution in [-0.2, 0) is 16.6 Å². The number of carbonyl (C=O) groups is 1. The minimum Gasteiger partial charge on any atom is -0.508 e. The van der Waals surface area contributed by atoms with Crippen molar-refractivity contribution in [2.24, 2.45) is 0 Å². The van der Waals surface area contributed by atoms with Crippen molar-refractivity contribution >= 4 is 23.2 Å². The average Bonchev–Trinajstić information content (AvgIpc) is 3.43. The average molecular weight is 481 g/mol. The van der Waals surface area contributed by atoms with Gasteiger partial charge in [-0.15, -0.1) is 0 Å². The summed E-state index contributed by atoms with van der Waals surface area (Å²) in [6, 6.07) is 12.7. The van der Waals surface area contributed by atoms with Crippen molar-refractivity contribution in [2.75, 3.05) is 11.1 Å². The third kappa shape index (κ3) is 3.34. The third-order valence-electron chi connectivity index (χ3n) is 6.50. The van der Waals surface area contributed by atoms with E-state index in [1.807, 2.05) is 4.40 Å². The Hall–Kier alpha value is -4.86. The highest BCUT2D eigenvalue weighted by Crippen LogP contribution is 2.45. The van der Waals surface area contributed by atoms with E-state index in [-0.39, 0.29) is 29.1 Å². The quantitative estimate of drug-likeness (QED) is 0.358. The van der Waals surface area contributed by atoms with Crippen molar-refractivity contribution < 1.29 is 14.3 Å². The van der Waals surface area contributed by atoms with Crippen molar-refractivity contribution in [1.82, 2.24) is 24.3 Å². The summed E-state index contributed by atoms with van der Waals surface area (Å²) in [5.41, 5.74) is 8.86. The van der Waals surface area contributed by atoms with E-state index in [1.54, 1.807) is 49.8 Å². The molecule has 3 aromatic heterocycles. The molecular weight excluding hydrogens is 461 g/mol. The first-order chi connectivity index (χ1) is 17.3. The Morgan fingerprint density at radius 2 is 1.94 bits per heavy atom. The Morgan fingerprint density at radius 1 is 1.14 bits per heavy atom. The van der Waals surface area contributed by atoms with Gasteiger partial charge >= 0.3 is 0 Å². The molecule has 0 saturated heterocycles. The van der Waals surface area contributed by atoms with Crippen LogP contribution in [0.1, 0.15) is 29.3 Å². The Bertz CT molecular complexity index is 1670. The molecule has 1 aliphatic heterocycles. The topological polar surface area (TPSA) is 131 Å². The van der Waals surface area contributed by atoms with E-state index in [0.717, 1.165) is 5.56 Å². The molecule has 1 amide bonds. The van der Waals surface area contributed by atoms with Crippen LogP contribution < -0.4 is 11.1 Å². The van der Waals surface area contributed by atoms with E-state index in [0.29, 0.717) is 40.4 Å². The lowest BCUT2D eigenvalue weighted by atomic mass is 9.77. The number of carbonyl (C=O) groups excluding carboxylic acids is 1. The minimum absolute atomic E-state index is 0.0394. The monoisotopic (exact) mass is 481 g/mol. The summed E-state index contributed by atoms with van der Waals surface area (Å²) in [5.74, 6) is 0.0671.